The van der Waals surface area contributed by atoms with Crippen molar-refractivity contribution in [3.8, 4) is 0 Å². The van der Waals surface area contributed by atoms with E-state index in [4.69, 9.17) is 0 Å². The van der Waals surface area contributed by atoms with E-state index < -0.39 is 0 Å². The van der Waals surface area contributed by atoms with Crippen LogP contribution in [-0.2, 0) is 0 Å². The van der Waals surface area contributed by atoms with Crippen LogP contribution in [0.1, 0.15) is 9.67 Å². The Kier molecular flexibility index (Phi) is 4.34. The Labute approximate surface area is 104 Å². The number of carbonyl (C=O) groups excluding carboxylic acids is 1. The lowest BCUT2D eigenvalue weighted by molar-refractivity contribution is 0.104. The third-order valence-corrected chi connectivity index (χ3v) is 4.68. The quantitative estimate of drug-likeness (QED) is 0.620. The molecule has 14 heavy (non-hydrogen) atoms. The Balaban J connectivity index is 2.80. The van der Waals surface area contributed by atoms with Crippen LogP contribution in [0.25, 0.3) is 0 Å². The minimum absolute atomic E-state index is 0.0232. The summed E-state index contributed by atoms with van der Waals surface area (Å²) in [7, 11) is 3.76. The second-order valence-electron chi connectivity index (χ2n) is 2.88. The van der Waals surface area contributed by atoms with Crippen molar-refractivity contribution in [3.63, 3.8) is 0 Å². The summed E-state index contributed by atoms with van der Waals surface area (Å²) >= 11 is 8.12. The van der Waals surface area contributed by atoms with Gasteiger partial charge >= 0.3 is 0 Å². The Bertz CT molecular complexity index is 351. The third kappa shape index (κ3) is 3.22. The van der Waals surface area contributed by atoms with Gasteiger partial charge in [0.15, 0.2) is 5.78 Å². The number of hydrogen-bond acceptors (Lipinski definition) is 3. The van der Waals surface area contributed by atoms with Crippen molar-refractivity contribution in [2.75, 3.05) is 14.1 Å². The zero-order valence-electron chi connectivity index (χ0n) is 7.75. The molecule has 0 amide bonds. The third-order valence-electron chi connectivity index (χ3n) is 1.41. The average molecular weight is 339 g/mol. The van der Waals surface area contributed by atoms with Crippen molar-refractivity contribution in [1.82, 2.24) is 4.90 Å². The first kappa shape index (κ1) is 11.9. The van der Waals surface area contributed by atoms with Crippen molar-refractivity contribution < 1.29 is 4.79 Å². The van der Waals surface area contributed by atoms with E-state index in [9.17, 15) is 4.79 Å². The maximum absolute atomic E-state index is 11.6. The van der Waals surface area contributed by atoms with Gasteiger partial charge in [-0.25, -0.2) is 0 Å². The molecule has 0 spiro atoms. The lowest BCUT2D eigenvalue weighted by Gasteiger charge is -2.01. The summed E-state index contributed by atoms with van der Waals surface area (Å²) in [5, 5.41) is 0. The van der Waals surface area contributed by atoms with Gasteiger partial charge in [0.2, 0.25) is 0 Å². The Morgan fingerprint density at radius 1 is 1.50 bits per heavy atom. The Hall–Kier alpha value is -0.130. The number of halogens is 2. The molecule has 5 heteroatoms. The second kappa shape index (κ2) is 5.09. The van der Waals surface area contributed by atoms with E-state index >= 15 is 0 Å². The number of nitrogens with zero attached hydrogens (tertiary/aromatic N) is 1. The van der Waals surface area contributed by atoms with Crippen LogP contribution in [0, 0.1) is 0 Å². The van der Waals surface area contributed by atoms with Crippen LogP contribution >= 0.6 is 43.2 Å². The van der Waals surface area contributed by atoms with Crippen LogP contribution in [-0.4, -0.2) is 24.8 Å². The highest BCUT2D eigenvalue weighted by Gasteiger charge is 2.08. The topological polar surface area (TPSA) is 20.3 Å². The van der Waals surface area contributed by atoms with Crippen LogP contribution in [0.2, 0.25) is 0 Å². The van der Waals surface area contributed by atoms with E-state index in [2.05, 4.69) is 31.9 Å². The van der Waals surface area contributed by atoms with Gasteiger partial charge in [-0.15, -0.1) is 11.3 Å². The fraction of sp³-hybridized carbons (Fsp3) is 0.222. The van der Waals surface area contributed by atoms with E-state index in [0.717, 1.165) is 13.1 Å². The number of rotatable bonds is 3. The van der Waals surface area contributed by atoms with Crippen LogP contribution in [0.15, 0.2) is 26.6 Å². The van der Waals surface area contributed by atoms with Gasteiger partial charge in [-0.05, 0) is 37.9 Å². The van der Waals surface area contributed by atoms with E-state index in [1.54, 1.807) is 12.3 Å². The van der Waals surface area contributed by atoms with Crippen LogP contribution < -0.4 is 0 Å². The molecule has 1 aromatic heterocycles. The molecule has 0 aliphatic heterocycles. The van der Waals surface area contributed by atoms with Crippen LogP contribution in [0.5, 0.6) is 0 Å². The summed E-state index contributed by atoms with van der Waals surface area (Å²) in [6.45, 7) is 0. The molecule has 0 atom stereocenters. The summed E-state index contributed by atoms with van der Waals surface area (Å²) in [5.41, 5.74) is 0. The number of thiophene rings is 1. The summed E-state index contributed by atoms with van der Waals surface area (Å²) in [6, 6.07) is 1.82. The zero-order valence-corrected chi connectivity index (χ0v) is 11.7. The monoisotopic (exact) mass is 337 g/mol. The molecule has 0 bridgehead atoms. The van der Waals surface area contributed by atoms with Gasteiger partial charge in [0, 0.05) is 30.8 Å². The highest BCUT2D eigenvalue weighted by atomic mass is 79.9. The van der Waals surface area contributed by atoms with Crippen LogP contribution in [0.4, 0.5) is 0 Å². The number of carbonyl (C=O) groups is 1. The maximum Gasteiger partial charge on any atom is 0.197 e. The SMILES string of the molecule is CN(C)C=CC(=O)c1cc(Br)c(Br)s1. The van der Waals surface area contributed by atoms with Gasteiger partial charge in [-0.3, -0.25) is 4.79 Å². The molecule has 0 fully saturated rings. The van der Waals surface area contributed by atoms with Gasteiger partial charge in [-0.1, -0.05) is 0 Å². The maximum atomic E-state index is 11.6. The molecule has 76 valence electrons. The second-order valence-corrected chi connectivity index (χ2v) is 6.10. The van der Waals surface area contributed by atoms with Gasteiger partial charge in [-0.2, -0.15) is 0 Å². The molecule has 0 aromatic carbocycles. The summed E-state index contributed by atoms with van der Waals surface area (Å²) in [5.74, 6) is 0.0232. The summed E-state index contributed by atoms with van der Waals surface area (Å²) < 4.78 is 1.86. The molecule has 0 N–H and O–H groups in total. The van der Waals surface area contributed by atoms with E-state index in [1.807, 2.05) is 25.1 Å². The van der Waals surface area contributed by atoms with E-state index in [-0.39, 0.29) is 5.78 Å². The minimum Gasteiger partial charge on any atom is -0.383 e. The van der Waals surface area contributed by atoms with E-state index in [0.29, 0.717) is 0 Å². The predicted octanol–water partition coefficient (Wildman–Crippen LogP) is 3.53. The molecule has 2 nitrogen and oxygen atoms in total. The molecule has 0 unspecified atom stereocenters. The van der Waals surface area contributed by atoms with Gasteiger partial charge in [0.25, 0.3) is 0 Å². The molecule has 0 aliphatic carbocycles. The number of hydrogen-bond donors (Lipinski definition) is 0. The molecular weight excluding hydrogens is 330 g/mol. The van der Waals surface area contributed by atoms with Crippen molar-refractivity contribution in [2.45, 2.75) is 0 Å². The highest BCUT2D eigenvalue weighted by molar-refractivity contribution is 9.13. The Morgan fingerprint density at radius 2 is 2.14 bits per heavy atom. The minimum atomic E-state index is 0.0232. The smallest absolute Gasteiger partial charge is 0.197 e. The Morgan fingerprint density at radius 3 is 2.57 bits per heavy atom. The van der Waals surface area contributed by atoms with Crippen LogP contribution in [0.3, 0.4) is 0 Å². The normalized spacial score (nSPS) is 10.9. The first-order valence-electron chi connectivity index (χ1n) is 3.84. The van der Waals surface area contributed by atoms with Crippen molar-refractivity contribution >= 4 is 49.0 Å². The molecule has 0 saturated carbocycles. The average Bonchev–Trinajstić information content (AvgIpc) is 2.43. The fourth-order valence-electron chi connectivity index (χ4n) is 0.767. The molecular formula is C9H9Br2NOS. The predicted molar refractivity (Wildman–Crippen MR) is 66.9 cm³/mol. The van der Waals surface area contributed by atoms with Crippen molar-refractivity contribution in [3.05, 3.63) is 31.5 Å². The first-order valence-corrected chi connectivity index (χ1v) is 6.24. The first-order chi connectivity index (χ1) is 6.50. The molecule has 1 aromatic rings. The summed E-state index contributed by atoms with van der Waals surface area (Å²) in [4.78, 5) is 14.1. The zero-order chi connectivity index (χ0) is 10.7. The lowest BCUT2D eigenvalue weighted by Crippen LogP contribution is -2.02. The number of ketones is 1. The molecule has 1 rings (SSSR count). The molecule has 0 radical (unpaired) electrons. The van der Waals surface area contributed by atoms with E-state index in [1.165, 1.54) is 11.3 Å². The van der Waals surface area contributed by atoms with Crippen molar-refractivity contribution in [2.24, 2.45) is 0 Å². The van der Waals surface area contributed by atoms with Crippen molar-refractivity contribution in [1.29, 1.82) is 0 Å². The standard InChI is InChI=1S/C9H9Br2NOS/c1-12(2)4-3-7(13)8-5-6(10)9(11)14-8/h3-5H,1-2H3. The lowest BCUT2D eigenvalue weighted by atomic mass is 10.3. The highest BCUT2D eigenvalue weighted by Crippen LogP contribution is 2.32. The molecule has 0 aliphatic rings. The largest absolute Gasteiger partial charge is 0.383 e. The van der Waals surface area contributed by atoms with Gasteiger partial charge in [0.05, 0.1) is 8.66 Å². The van der Waals surface area contributed by atoms with Gasteiger partial charge < -0.3 is 4.90 Å². The fourth-order valence-corrected chi connectivity index (χ4v) is 2.72. The molecule has 0 saturated heterocycles. The summed E-state index contributed by atoms with van der Waals surface area (Å²) in [6.07, 6.45) is 3.30. The number of allylic oxidation sites excluding steroid dienone is 1. The molecule has 1 heterocycles. The van der Waals surface area contributed by atoms with Gasteiger partial charge in [0.1, 0.15) is 0 Å².